The molecule has 2 atom stereocenters. The number of ether oxygens (including phenoxy) is 1. The molecule has 5 heteroatoms. The van der Waals surface area contributed by atoms with Gasteiger partial charge in [0.25, 0.3) is 6.01 Å². The minimum atomic E-state index is 0.0704. The molecule has 3 N–H and O–H groups in total. The van der Waals surface area contributed by atoms with Gasteiger partial charge in [-0.1, -0.05) is 19.9 Å². The second kappa shape index (κ2) is 4.13. The van der Waals surface area contributed by atoms with Gasteiger partial charge in [-0.05, 0) is 18.6 Å². The van der Waals surface area contributed by atoms with Crippen molar-refractivity contribution in [3.63, 3.8) is 0 Å². The lowest BCUT2D eigenvalue weighted by molar-refractivity contribution is -0.0799. The van der Waals surface area contributed by atoms with Gasteiger partial charge in [0, 0.05) is 18.6 Å². The van der Waals surface area contributed by atoms with E-state index < -0.39 is 0 Å². The molecule has 19 heavy (non-hydrogen) atoms. The summed E-state index contributed by atoms with van der Waals surface area (Å²) in [6.45, 7) is 4.36. The van der Waals surface area contributed by atoms with Crippen LogP contribution in [0.5, 0.6) is 0 Å². The van der Waals surface area contributed by atoms with Gasteiger partial charge in [0.1, 0.15) is 5.52 Å². The fourth-order valence-corrected chi connectivity index (χ4v) is 2.71. The third-order valence-electron chi connectivity index (χ3n) is 4.21. The number of oxazole rings is 1. The Morgan fingerprint density at radius 2 is 2.26 bits per heavy atom. The predicted molar refractivity (Wildman–Crippen MR) is 75.0 cm³/mol. The number of hydrogen-bond donors (Lipinski definition) is 2. The maximum Gasteiger partial charge on any atom is 0.296 e. The summed E-state index contributed by atoms with van der Waals surface area (Å²) in [5, 5.41) is 3.34. The predicted octanol–water partition coefficient (Wildman–Crippen LogP) is 2.64. The van der Waals surface area contributed by atoms with Crippen molar-refractivity contribution in [2.75, 3.05) is 18.2 Å². The summed E-state index contributed by atoms with van der Waals surface area (Å²) in [6, 6.07) is 6.38. The average Bonchev–Trinajstić information content (AvgIpc) is 2.78. The topological polar surface area (TPSA) is 73.3 Å². The molecule has 1 heterocycles. The Morgan fingerprint density at radius 3 is 2.89 bits per heavy atom. The third kappa shape index (κ3) is 1.85. The largest absolute Gasteiger partial charge is 0.423 e. The first-order valence-electron chi connectivity index (χ1n) is 6.46. The van der Waals surface area contributed by atoms with E-state index in [-0.39, 0.29) is 11.5 Å². The van der Waals surface area contributed by atoms with Gasteiger partial charge in [0.05, 0.1) is 11.8 Å². The van der Waals surface area contributed by atoms with Crippen LogP contribution in [0.25, 0.3) is 11.1 Å². The van der Waals surface area contributed by atoms with E-state index in [1.807, 2.05) is 18.2 Å². The SMILES string of the molecule is COC1CC(Nc2nc3c(N)cccc3o2)C1(C)C. The second-order valence-electron chi connectivity index (χ2n) is 5.69. The van der Waals surface area contributed by atoms with Gasteiger partial charge in [-0.2, -0.15) is 4.98 Å². The van der Waals surface area contributed by atoms with Crippen LogP contribution in [0, 0.1) is 5.41 Å². The van der Waals surface area contributed by atoms with E-state index in [1.54, 1.807) is 7.11 Å². The molecule has 0 spiro atoms. The van der Waals surface area contributed by atoms with Crippen LogP contribution >= 0.6 is 0 Å². The van der Waals surface area contributed by atoms with Crippen molar-refractivity contribution < 1.29 is 9.15 Å². The van der Waals surface area contributed by atoms with E-state index >= 15 is 0 Å². The van der Waals surface area contributed by atoms with E-state index in [4.69, 9.17) is 14.9 Å². The molecule has 2 aromatic rings. The molecule has 0 saturated heterocycles. The molecular weight excluding hydrogens is 242 g/mol. The van der Waals surface area contributed by atoms with Crippen LogP contribution in [0.3, 0.4) is 0 Å². The molecule has 5 nitrogen and oxygen atoms in total. The fourth-order valence-electron chi connectivity index (χ4n) is 2.71. The monoisotopic (exact) mass is 261 g/mol. The Hall–Kier alpha value is -1.75. The van der Waals surface area contributed by atoms with Crippen LogP contribution in [0.15, 0.2) is 22.6 Å². The Balaban J connectivity index is 1.82. The molecule has 1 aromatic carbocycles. The first-order valence-corrected chi connectivity index (χ1v) is 6.46. The molecule has 3 rings (SSSR count). The number of fused-ring (bicyclic) bond motifs is 1. The summed E-state index contributed by atoms with van der Waals surface area (Å²) in [7, 11) is 1.75. The van der Waals surface area contributed by atoms with Gasteiger partial charge < -0.3 is 20.2 Å². The quantitative estimate of drug-likeness (QED) is 0.831. The number of rotatable bonds is 3. The number of nitrogens with zero attached hydrogens (tertiary/aromatic N) is 1. The van der Waals surface area contributed by atoms with Crippen LogP contribution in [0.2, 0.25) is 0 Å². The number of benzene rings is 1. The third-order valence-corrected chi connectivity index (χ3v) is 4.21. The van der Waals surface area contributed by atoms with Crippen molar-refractivity contribution in [2.24, 2.45) is 5.41 Å². The zero-order chi connectivity index (χ0) is 13.6. The molecule has 0 amide bonds. The van der Waals surface area contributed by atoms with Gasteiger partial charge in [-0.3, -0.25) is 0 Å². The molecule has 1 aliphatic carbocycles. The van der Waals surface area contributed by atoms with Crippen LogP contribution in [-0.2, 0) is 4.74 Å². The number of methoxy groups -OCH3 is 1. The molecule has 1 saturated carbocycles. The van der Waals surface area contributed by atoms with Gasteiger partial charge in [-0.25, -0.2) is 0 Å². The standard InChI is InChI=1S/C14H19N3O2/c1-14(2)10(7-11(14)18-3)16-13-17-12-8(15)5-4-6-9(12)19-13/h4-6,10-11H,7,15H2,1-3H3,(H,16,17). The highest BCUT2D eigenvalue weighted by Crippen LogP contribution is 2.44. The number of hydrogen-bond acceptors (Lipinski definition) is 5. The number of aromatic nitrogens is 1. The zero-order valence-corrected chi connectivity index (χ0v) is 11.4. The van der Waals surface area contributed by atoms with Crippen LogP contribution < -0.4 is 11.1 Å². The Labute approximate surface area is 112 Å². The smallest absolute Gasteiger partial charge is 0.296 e. The number of para-hydroxylation sites is 1. The van der Waals surface area contributed by atoms with Gasteiger partial charge in [-0.15, -0.1) is 0 Å². The molecule has 1 aliphatic rings. The number of nitrogen functional groups attached to an aromatic ring is 1. The van der Waals surface area contributed by atoms with Crippen molar-refractivity contribution in [1.82, 2.24) is 4.98 Å². The van der Waals surface area contributed by atoms with Crippen molar-refractivity contribution in [3.8, 4) is 0 Å². The van der Waals surface area contributed by atoms with Crippen molar-refractivity contribution in [1.29, 1.82) is 0 Å². The summed E-state index contributed by atoms with van der Waals surface area (Å²) >= 11 is 0. The first-order chi connectivity index (χ1) is 9.02. The lowest BCUT2D eigenvalue weighted by Gasteiger charge is -2.50. The van der Waals surface area contributed by atoms with Gasteiger partial charge >= 0.3 is 0 Å². The Kier molecular flexibility index (Phi) is 2.67. The first kappa shape index (κ1) is 12.3. The number of nitrogens with one attached hydrogen (secondary N) is 1. The molecular formula is C14H19N3O2. The Bertz CT molecular complexity index is 606. The summed E-state index contributed by atoms with van der Waals surface area (Å²) in [6.07, 6.45) is 1.23. The maximum atomic E-state index is 5.87. The minimum Gasteiger partial charge on any atom is -0.423 e. The number of nitrogens with two attached hydrogens (primary N) is 1. The van der Waals surface area contributed by atoms with Crippen molar-refractivity contribution in [3.05, 3.63) is 18.2 Å². The normalized spacial score (nSPS) is 25.2. The molecule has 0 aliphatic heterocycles. The molecule has 0 radical (unpaired) electrons. The fraction of sp³-hybridized carbons (Fsp3) is 0.500. The summed E-state index contributed by atoms with van der Waals surface area (Å²) < 4.78 is 11.1. The van der Waals surface area contributed by atoms with E-state index in [1.165, 1.54) is 0 Å². The van der Waals surface area contributed by atoms with E-state index in [9.17, 15) is 0 Å². The molecule has 2 unspecified atom stereocenters. The minimum absolute atomic E-state index is 0.0704. The highest BCUT2D eigenvalue weighted by atomic mass is 16.5. The van der Waals surface area contributed by atoms with Gasteiger partial charge in [0.2, 0.25) is 0 Å². The molecule has 0 bridgehead atoms. The van der Waals surface area contributed by atoms with Gasteiger partial charge in [0.15, 0.2) is 5.58 Å². The average molecular weight is 261 g/mol. The molecule has 102 valence electrons. The summed E-state index contributed by atoms with van der Waals surface area (Å²) in [5.41, 5.74) is 8.00. The van der Waals surface area contributed by atoms with Crippen LogP contribution in [0.1, 0.15) is 20.3 Å². The number of anilines is 2. The summed E-state index contributed by atoms with van der Waals surface area (Å²) in [5.74, 6) is 0. The highest BCUT2D eigenvalue weighted by Gasteiger charge is 2.49. The van der Waals surface area contributed by atoms with Crippen LogP contribution in [-0.4, -0.2) is 24.2 Å². The summed E-state index contributed by atoms with van der Waals surface area (Å²) in [4.78, 5) is 4.41. The molecule has 1 fully saturated rings. The lowest BCUT2D eigenvalue weighted by atomic mass is 9.64. The Morgan fingerprint density at radius 1 is 1.47 bits per heavy atom. The van der Waals surface area contributed by atoms with Crippen LogP contribution in [0.4, 0.5) is 11.7 Å². The van der Waals surface area contributed by atoms with E-state index in [2.05, 4.69) is 24.1 Å². The zero-order valence-electron chi connectivity index (χ0n) is 11.4. The highest BCUT2D eigenvalue weighted by molar-refractivity contribution is 5.86. The molecule has 1 aromatic heterocycles. The van der Waals surface area contributed by atoms with E-state index in [0.29, 0.717) is 28.8 Å². The lowest BCUT2D eigenvalue weighted by Crippen LogP contribution is -2.57. The maximum absolute atomic E-state index is 5.87. The van der Waals surface area contributed by atoms with E-state index in [0.717, 1.165) is 6.42 Å². The second-order valence-corrected chi connectivity index (χ2v) is 5.69. The van der Waals surface area contributed by atoms with Crippen molar-refractivity contribution >= 4 is 22.8 Å². The van der Waals surface area contributed by atoms with Crippen molar-refractivity contribution in [2.45, 2.75) is 32.4 Å².